The van der Waals surface area contributed by atoms with E-state index in [2.05, 4.69) is 60.6 Å². The number of oxazole rings is 1. The summed E-state index contributed by atoms with van der Waals surface area (Å²) >= 11 is 0. The molecule has 182 valence electrons. The van der Waals surface area contributed by atoms with E-state index in [9.17, 15) is 5.11 Å². The number of nitrogens with zero attached hydrogens (tertiary/aromatic N) is 4. The highest BCUT2D eigenvalue weighted by atomic mass is 16.3. The molecule has 1 fully saturated rings. The molecule has 3 N–H and O–H groups in total. The molecule has 8 heteroatoms. The van der Waals surface area contributed by atoms with Gasteiger partial charge in [-0.3, -0.25) is 20.2 Å². The fourth-order valence-electron chi connectivity index (χ4n) is 5.45. The quantitative estimate of drug-likeness (QED) is 0.370. The average molecular weight is 473 g/mol. The summed E-state index contributed by atoms with van der Waals surface area (Å²) in [5.41, 5.74) is 7.18. The van der Waals surface area contributed by atoms with E-state index >= 15 is 0 Å². The van der Waals surface area contributed by atoms with Crippen LogP contribution in [0.4, 0.5) is 0 Å². The van der Waals surface area contributed by atoms with Crippen LogP contribution in [0.25, 0.3) is 22.4 Å². The Morgan fingerprint density at radius 1 is 1.20 bits per heavy atom. The van der Waals surface area contributed by atoms with Gasteiger partial charge >= 0.3 is 0 Å². The van der Waals surface area contributed by atoms with Crippen molar-refractivity contribution in [2.24, 2.45) is 0 Å². The monoisotopic (exact) mass is 472 g/mol. The van der Waals surface area contributed by atoms with Crippen LogP contribution in [0.2, 0.25) is 0 Å². The van der Waals surface area contributed by atoms with Crippen LogP contribution in [0.1, 0.15) is 35.6 Å². The summed E-state index contributed by atoms with van der Waals surface area (Å²) in [5.74, 6) is 0.659. The Hall–Kier alpha value is -3.04. The van der Waals surface area contributed by atoms with Crippen molar-refractivity contribution >= 4 is 11.1 Å². The molecule has 2 aromatic heterocycles. The average Bonchev–Trinajstić information content (AvgIpc) is 3.46. The minimum Gasteiger partial charge on any atom is -0.441 e. The molecule has 4 heterocycles. The van der Waals surface area contributed by atoms with Crippen LogP contribution in [-0.2, 0) is 19.5 Å². The smallest absolute Gasteiger partial charge is 0.192 e. The summed E-state index contributed by atoms with van der Waals surface area (Å²) < 4.78 is 5.62. The third-order valence-electron chi connectivity index (χ3n) is 7.22. The second kappa shape index (κ2) is 9.54. The van der Waals surface area contributed by atoms with E-state index in [1.807, 2.05) is 25.1 Å². The molecule has 4 aromatic rings. The first kappa shape index (κ1) is 22.4. The highest BCUT2D eigenvalue weighted by molar-refractivity contribution is 5.80. The number of aromatic nitrogens is 3. The number of likely N-dealkylation sites (tertiary alicyclic amines) is 1. The molecule has 1 unspecified atom stereocenters. The Morgan fingerprint density at radius 2 is 2.09 bits per heavy atom. The fourth-order valence-corrected chi connectivity index (χ4v) is 5.45. The number of hydrogen-bond donors (Lipinski definition) is 3. The number of aromatic amines is 1. The standard InChI is InChI=1S/C27H32N6O2/c1-18-28-24-14-20(9-10-25(24)35-18)26-22-17-33(13-11-23(22)30-31-26)27(34)29-21-8-5-12-32(16-21)15-19-6-3-2-4-7-19/h2-4,6-7,9-10,14,21,27,29,34H,5,8,11-13,15-17H2,1H3,(H,30,31)/t21-,27?/m1/s1. The first-order valence-electron chi connectivity index (χ1n) is 12.5. The maximum Gasteiger partial charge on any atom is 0.192 e. The number of H-pyrrole nitrogens is 1. The molecule has 0 radical (unpaired) electrons. The number of rotatable bonds is 6. The Kier molecular flexibility index (Phi) is 6.12. The number of aliphatic hydroxyl groups excluding tert-OH is 1. The fraction of sp³-hybridized carbons (Fsp3) is 0.407. The molecule has 2 aromatic carbocycles. The van der Waals surface area contributed by atoms with Gasteiger partial charge in [0.1, 0.15) is 5.52 Å². The van der Waals surface area contributed by atoms with Crippen molar-refractivity contribution in [1.82, 2.24) is 30.3 Å². The van der Waals surface area contributed by atoms with Gasteiger partial charge in [0.2, 0.25) is 0 Å². The Labute approximate surface area is 205 Å². The second-order valence-corrected chi connectivity index (χ2v) is 9.77. The molecule has 6 rings (SSSR count). The molecule has 2 atom stereocenters. The molecule has 1 saturated heterocycles. The third kappa shape index (κ3) is 4.75. The highest BCUT2D eigenvalue weighted by Gasteiger charge is 2.29. The number of piperidine rings is 1. The first-order chi connectivity index (χ1) is 17.1. The van der Waals surface area contributed by atoms with Crippen LogP contribution in [-0.4, -0.2) is 62.1 Å². The molecular formula is C27H32N6O2. The van der Waals surface area contributed by atoms with Crippen LogP contribution in [0.15, 0.2) is 52.9 Å². The minimum atomic E-state index is -0.687. The minimum absolute atomic E-state index is 0.269. The van der Waals surface area contributed by atoms with E-state index in [4.69, 9.17) is 4.42 Å². The lowest BCUT2D eigenvalue weighted by atomic mass is 10.0. The summed E-state index contributed by atoms with van der Waals surface area (Å²) in [4.78, 5) is 9.05. The van der Waals surface area contributed by atoms with Crippen molar-refractivity contribution < 1.29 is 9.52 Å². The van der Waals surface area contributed by atoms with E-state index in [1.165, 1.54) is 5.56 Å². The summed E-state index contributed by atoms with van der Waals surface area (Å²) in [7, 11) is 0. The SMILES string of the molecule is Cc1nc2cc(-c3n[nH]c4c3CN(C(O)N[C@@H]3CCCN(Cc5ccccc5)C3)CC4)ccc2o1. The summed E-state index contributed by atoms with van der Waals surface area (Å²) in [6.45, 7) is 6.28. The van der Waals surface area contributed by atoms with Gasteiger partial charge in [-0.2, -0.15) is 5.10 Å². The number of aryl methyl sites for hydroxylation is 1. The van der Waals surface area contributed by atoms with Crippen molar-refractivity contribution in [2.45, 2.75) is 51.7 Å². The number of fused-ring (bicyclic) bond motifs is 2. The molecule has 0 aliphatic carbocycles. The van der Waals surface area contributed by atoms with E-state index < -0.39 is 6.35 Å². The van der Waals surface area contributed by atoms with E-state index in [1.54, 1.807) is 0 Å². The molecule has 8 nitrogen and oxygen atoms in total. The number of benzene rings is 2. The lowest BCUT2D eigenvalue weighted by molar-refractivity contribution is -0.0447. The zero-order chi connectivity index (χ0) is 23.8. The molecule has 0 spiro atoms. The van der Waals surface area contributed by atoms with Gasteiger partial charge in [0.05, 0.1) is 5.69 Å². The van der Waals surface area contributed by atoms with Crippen molar-refractivity contribution in [1.29, 1.82) is 0 Å². The number of nitrogens with one attached hydrogen (secondary N) is 2. The summed E-state index contributed by atoms with van der Waals surface area (Å²) in [5, 5.41) is 22.5. The molecule has 0 saturated carbocycles. The Bertz CT molecular complexity index is 1300. The van der Waals surface area contributed by atoms with Crippen LogP contribution in [0.5, 0.6) is 0 Å². The van der Waals surface area contributed by atoms with Gasteiger partial charge in [0.15, 0.2) is 17.8 Å². The van der Waals surface area contributed by atoms with Gasteiger partial charge in [-0.15, -0.1) is 0 Å². The van der Waals surface area contributed by atoms with Gasteiger partial charge in [-0.05, 0) is 43.1 Å². The lowest BCUT2D eigenvalue weighted by Crippen LogP contribution is -2.55. The zero-order valence-corrected chi connectivity index (χ0v) is 20.1. The number of hydrogen-bond acceptors (Lipinski definition) is 7. The van der Waals surface area contributed by atoms with E-state index in [-0.39, 0.29) is 6.04 Å². The van der Waals surface area contributed by atoms with E-state index in [0.29, 0.717) is 12.4 Å². The molecule has 0 bridgehead atoms. The normalized spacial score (nSPS) is 20.2. The Balaban J connectivity index is 1.12. The topological polar surface area (TPSA) is 93.5 Å². The number of aliphatic hydroxyl groups is 1. The maximum atomic E-state index is 11.1. The van der Waals surface area contributed by atoms with Crippen molar-refractivity contribution in [3.8, 4) is 11.3 Å². The summed E-state index contributed by atoms with van der Waals surface area (Å²) in [6.07, 6.45) is 2.36. The Morgan fingerprint density at radius 3 is 2.97 bits per heavy atom. The molecular weight excluding hydrogens is 440 g/mol. The third-order valence-corrected chi connectivity index (χ3v) is 7.22. The van der Waals surface area contributed by atoms with Crippen LogP contribution in [0.3, 0.4) is 0 Å². The second-order valence-electron chi connectivity index (χ2n) is 9.77. The first-order valence-corrected chi connectivity index (χ1v) is 12.5. The maximum absolute atomic E-state index is 11.1. The highest BCUT2D eigenvalue weighted by Crippen LogP contribution is 2.31. The van der Waals surface area contributed by atoms with Crippen molar-refractivity contribution in [3.63, 3.8) is 0 Å². The van der Waals surface area contributed by atoms with Crippen molar-refractivity contribution in [3.05, 3.63) is 71.2 Å². The van der Waals surface area contributed by atoms with Gasteiger partial charge in [-0.25, -0.2) is 4.98 Å². The van der Waals surface area contributed by atoms with Crippen molar-refractivity contribution in [2.75, 3.05) is 19.6 Å². The predicted octanol–water partition coefficient (Wildman–Crippen LogP) is 3.41. The molecule has 0 amide bonds. The van der Waals surface area contributed by atoms with Crippen LogP contribution >= 0.6 is 0 Å². The predicted molar refractivity (Wildman–Crippen MR) is 134 cm³/mol. The largest absolute Gasteiger partial charge is 0.441 e. The molecule has 2 aliphatic rings. The van der Waals surface area contributed by atoms with Gasteiger partial charge in [-0.1, -0.05) is 30.3 Å². The summed E-state index contributed by atoms with van der Waals surface area (Å²) in [6, 6.07) is 16.9. The van der Waals surface area contributed by atoms with Crippen LogP contribution in [0, 0.1) is 6.92 Å². The van der Waals surface area contributed by atoms with Gasteiger partial charge in [0.25, 0.3) is 0 Å². The molecule has 35 heavy (non-hydrogen) atoms. The van der Waals surface area contributed by atoms with E-state index in [0.717, 1.165) is 79.1 Å². The molecule has 2 aliphatic heterocycles. The zero-order valence-electron chi connectivity index (χ0n) is 20.1. The van der Waals surface area contributed by atoms with Gasteiger partial charge in [0, 0.05) is 62.4 Å². The van der Waals surface area contributed by atoms with Crippen LogP contribution < -0.4 is 5.32 Å². The lowest BCUT2D eigenvalue weighted by Gasteiger charge is -2.38. The van der Waals surface area contributed by atoms with Gasteiger partial charge < -0.3 is 9.52 Å².